The Bertz CT molecular complexity index is 1380. The molecule has 9 heteroatoms. The molecule has 4 aromatic rings. The summed E-state index contributed by atoms with van der Waals surface area (Å²) >= 11 is 0. The van der Waals surface area contributed by atoms with E-state index in [1.165, 1.54) is 16.8 Å². The number of hydrogen-bond acceptors (Lipinski definition) is 7. The minimum Gasteiger partial charge on any atom is -0.490 e. The van der Waals surface area contributed by atoms with Crippen LogP contribution in [0.4, 0.5) is 0 Å². The van der Waals surface area contributed by atoms with Crippen molar-refractivity contribution in [3.05, 3.63) is 87.3 Å². The number of carbonyl (C=O) groups excluding carboxylic acids is 1. The topological polar surface area (TPSA) is 116 Å². The van der Waals surface area contributed by atoms with Gasteiger partial charge in [-0.2, -0.15) is 5.10 Å². The minimum atomic E-state index is -0.767. The van der Waals surface area contributed by atoms with Crippen LogP contribution in [0.3, 0.4) is 0 Å². The van der Waals surface area contributed by atoms with Gasteiger partial charge in [0.1, 0.15) is 5.56 Å². The van der Waals surface area contributed by atoms with Gasteiger partial charge in [-0.1, -0.05) is 12.1 Å². The fourth-order valence-corrected chi connectivity index (χ4v) is 3.20. The summed E-state index contributed by atoms with van der Waals surface area (Å²) in [7, 11) is 0. The van der Waals surface area contributed by atoms with E-state index in [1.54, 1.807) is 48.8 Å². The number of nitrogens with zero attached hydrogens (tertiary/aromatic N) is 3. The fourth-order valence-electron chi connectivity index (χ4n) is 3.20. The van der Waals surface area contributed by atoms with E-state index >= 15 is 0 Å². The maximum absolute atomic E-state index is 12.6. The summed E-state index contributed by atoms with van der Waals surface area (Å²) in [5.41, 5.74) is 0.524. The Labute approximate surface area is 182 Å². The Morgan fingerprint density at radius 1 is 1.12 bits per heavy atom. The Balaban J connectivity index is 1.49. The Hall–Kier alpha value is -4.27. The molecular weight excluding hydrogens is 412 g/mol. The highest BCUT2D eigenvalue weighted by atomic mass is 16.5. The maximum atomic E-state index is 12.6. The van der Waals surface area contributed by atoms with Crippen LogP contribution in [0.2, 0.25) is 0 Å². The Morgan fingerprint density at radius 3 is 2.72 bits per heavy atom. The fraction of sp³-hybridized carbons (Fsp3) is 0.174. The normalized spacial score (nSPS) is 10.8. The van der Waals surface area contributed by atoms with E-state index in [2.05, 4.69) is 15.4 Å². The number of rotatable bonds is 7. The van der Waals surface area contributed by atoms with Crippen LogP contribution >= 0.6 is 0 Å². The number of fused-ring (bicyclic) bond motifs is 1. The third-order valence-electron chi connectivity index (χ3n) is 4.72. The number of pyridine rings is 1. The number of carbonyl (C=O) groups is 1. The molecule has 0 radical (unpaired) electrons. The molecule has 9 nitrogen and oxygen atoms in total. The first-order valence-electron chi connectivity index (χ1n) is 10.0. The first-order chi connectivity index (χ1) is 15.6. The number of benzene rings is 1. The van der Waals surface area contributed by atoms with Crippen molar-refractivity contribution < 1.29 is 13.9 Å². The minimum absolute atomic E-state index is 0.0992. The SMILES string of the molecule is CCOc1cccc2cc(C(=O)NCCn3nc(-c4ccncc4)ccc3=O)c(=O)oc12. The largest absolute Gasteiger partial charge is 0.490 e. The summed E-state index contributed by atoms with van der Waals surface area (Å²) in [5, 5.41) is 7.54. The van der Waals surface area contributed by atoms with Crippen LogP contribution in [0.25, 0.3) is 22.2 Å². The van der Waals surface area contributed by atoms with E-state index < -0.39 is 11.5 Å². The van der Waals surface area contributed by atoms with E-state index in [0.717, 1.165) is 5.56 Å². The molecule has 0 unspecified atom stereocenters. The van der Waals surface area contributed by atoms with Gasteiger partial charge in [-0.25, -0.2) is 9.48 Å². The number of para-hydroxylation sites is 1. The number of ether oxygens (including phenoxy) is 1. The molecule has 0 spiro atoms. The second-order valence-electron chi connectivity index (χ2n) is 6.83. The lowest BCUT2D eigenvalue weighted by Crippen LogP contribution is -2.33. The van der Waals surface area contributed by atoms with Gasteiger partial charge in [0.05, 0.1) is 18.8 Å². The zero-order chi connectivity index (χ0) is 22.5. The van der Waals surface area contributed by atoms with Gasteiger partial charge < -0.3 is 14.5 Å². The van der Waals surface area contributed by atoms with Gasteiger partial charge in [0, 0.05) is 36.0 Å². The molecule has 0 saturated heterocycles. The molecule has 0 bridgehead atoms. The first kappa shape index (κ1) is 21.0. The first-order valence-corrected chi connectivity index (χ1v) is 10.0. The molecule has 4 rings (SSSR count). The summed E-state index contributed by atoms with van der Waals surface area (Å²) in [4.78, 5) is 41.0. The van der Waals surface area contributed by atoms with Crippen molar-refractivity contribution in [1.29, 1.82) is 0 Å². The molecule has 3 heterocycles. The van der Waals surface area contributed by atoms with Crippen LogP contribution < -0.4 is 21.2 Å². The summed E-state index contributed by atoms with van der Waals surface area (Å²) in [6.07, 6.45) is 3.28. The quantitative estimate of drug-likeness (QED) is 0.445. The van der Waals surface area contributed by atoms with E-state index in [0.29, 0.717) is 29.0 Å². The molecule has 3 aromatic heterocycles. The van der Waals surface area contributed by atoms with Gasteiger partial charge >= 0.3 is 5.63 Å². The predicted octanol–water partition coefficient (Wildman–Crippen LogP) is 2.24. The molecule has 162 valence electrons. The van der Waals surface area contributed by atoms with Crippen molar-refractivity contribution in [2.24, 2.45) is 0 Å². The summed E-state index contributed by atoms with van der Waals surface area (Å²) in [5.74, 6) is -0.158. The van der Waals surface area contributed by atoms with Gasteiger partial charge in [-0.15, -0.1) is 0 Å². The third-order valence-corrected chi connectivity index (χ3v) is 4.72. The zero-order valence-corrected chi connectivity index (χ0v) is 17.3. The molecule has 0 aliphatic rings. The summed E-state index contributed by atoms with van der Waals surface area (Å²) in [6, 6.07) is 13.3. The van der Waals surface area contributed by atoms with Gasteiger partial charge in [0.2, 0.25) is 0 Å². The average Bonchev–Trinajstić information content (AvgIpc) is 2.81. The predicted molar refractivity (Wildman–Crippen MR) is 118 cm³/mol. The molecule has 1 amide bonds. The summed E-state index contributed by atoms with van der Waals surface area (Å²) < 4.78 is 12.1. The highest BCUT2D eigenvalue weighted by Gasteiger charge is 2.15. The van der Waals surface area contributed by atoms with Crippen LogP contribution in [-0.4, -0.2) is 33.8 Å². The van der Waals surface area contributed by atoms with Crippen LogP contribution in [-0.2, 0) is 6.54 Å². The van der Waals surface area contributed by atoms with Gasteiger partial charge in [0.15, 0.2) is 11.3 Å². The maximum Gasteiger partial charge on any atom is 0.349 e. The van der Waals surface area contributed by atoms with Crippen molar-refractivity contribution in [2.45, 2.75) is 13.5 Å². The molecular formula is C23H20N4O5. The van der Waals surface area contributed by atoms with Gasteiger partial charge in [0.25, 0.3) is 11.5 Å². The van der Waals surface area contributed by atoms with Crippen LogP contribution in [0, 0.1) is 0 Å². The average molecular weight is 432 g/mol. The van der Waals surface area contributed by atoms with Crippen LogP contribution in [0.5, 0.6) is 5.75 Å². The highest BCUT2D eigenvalue weighted by Crippen LogP contribution is 2.24. The number of nitrogens with one attached hydrogen (secondary N) is 1. The lowest BCUT2D eigenvalue weighted by Gasteiger charge is -2.09. The Kier molecular flexibility index (Phi) is 6.07. The molecule has 0 fully saturated rings. The van der Waals surface area contributed by atoms with Crippen molar-refractivity contribution >= 4 is 16.9 Å². The Morgan fingerprint density at radius 2 is 1.94 bits per heavy atom. The lowest BCUT2D eigenvalue weighted by atomic mass is 10.1. The highest BCUT2D eigenvalue weighted by molar-refractivity contribution is 5.97. The molecule has 0 aliphatic carbocycles. The standard InChI is InChI=1S/C23H20N4O5/c1-2-31-19-5-3-4-16-14-17(23(30)32-21(16)19)22(29)25-12-13-27-20(28)7-6-18(26-27)15-8-10-24-11-9-15/h3-11,14H,2,12-13H2,1H3,(H,25,29). The van der Waals surface area contributed by atoms with E-state index in [-0.39, 0.29) is 24.2 Å². The zero-order valence-electron chi connectivity index (χ0n) is 17.3. The second-order valence-corrected chi connectivity index (χ2v) is 6.83. The molecule has 0 aliphatic heterocycles. The van der Waals surface area contributed by atoms with E-state index in [1.807, 2.05) is 6.92 Å². The number of aromatic nitrogens is 3. The van der Waals surface area contributed by atoms with Gasteiger partial charge in [-0.3, -0.25) is 14.6 Å². The molecule has 1 N–H and O–H groups in total. The number of hydrogen-bond donors (Lipinski definition) is 1. The van der Waals surface area contributed by atoms with Crippen LogP contribution in [0.15, 0.2) is 74.9 Å². The molecule has 0 saturated carbocycles. The second kappa shape index (κ2) is 9.25. The van der Waals surface area contributed by atoms with Crippen molar-refractivity contribution in [1.82, 2.24) is 20.1 Å². The summed E-state index contributed by atoms with van der Waals surface area (Å²) in [6.45, 7) is 2.48. The van der Waals surface area contributed by atoms with Crippen molar-refractivity contribution in [3.8, 4) is 17.0 Å². The van der Waals surface area contributed by atoms with E-state index in [4.69, 9.17) is 9.15 Å². The molecule has 0 atom stereocenters. The smallest absolute Gasteiger partial charge is 0.349 e. The molecule has 1 aromatic carbocycles. The van der Waals surface area contributed by atoms with Crippen molar-refractivity contribution in [3.63, 3.8) is 0 Å². The monoisotopic (exact) mass is 432 g/mol. The lowest BCUT2D eigenvalue weighted by molar-refractivity contribution is 0.0948. The molecule has 32 heavy (non-hydrogen) atoms. The van der Waals surface area contributed by atoms with E-state index in [9.17, 15) is 14.4 Å². The van der Waals surface area contributed by atoms with Gasteiger partial charge in [-0.05, 0) is 37.3 Å². The van der Waals surface area contributed by atoms with Crippen molar-refractivity contribution in [2.75, 3.05) is 13.2 Å². The number of amides is 1. The third kappa shape index (κ3) is 4.41. The van der Waals surface area contributed by atoms with Crippen LogP contribution in [0.1, 0.15) is 17.3 Å².